The first-order valence-corrected chi connectivity index (χ1v) is 16.5. The molecule has 3 unspecified atom stereocenters. The fraction of sp³-hybridized carbons (Fsp3) is 0.353. The lowest BCUT2D eigenvalue weighted by Gasteiger charge is -2.45. The third-order valence-corrected chi connectivity index (χ3v) is 13.7. The van der Waals surface area contributed by atoms with Crippen molar-refractivity contribution in [3.63, 3.8) is 0 Å². The number of aromatic nitrogens is 3. The number of hydrogen-bond acceptors (Lipinski definition) is 5. The molecular formula is C34H38N4O2Si. The van der Waals surface area contributed by atoms with Crippen LogP contribution in [0.4, 0.5) is 0 Å². The zero-order valence-electron chi connectivity index (χ0n) is 24.3. The van der Waals surface area contributed by atoms with E-state index in [9.17, 15) is 4.79 Å². The van der Waals surface area contributed by atoms with Gasteiger partial charge >= 0.3 is 0 Å². The molecule has 6 nitrogen and oxygen atoms in total. The van der Waals surface area contributed by atoms with Gasteiger partial charge in [-0.25, -0.2) is 15.0 Å². The molecule has 1 saturated heterocycles. The number of aryl methyl sites for hydroxylation is 1. The van der Waals surface area contributed by atoms with Crippen molar-refractivity contribution in [3.8, 4) is 11.4 Å². The van der Waals surface area contributed by atoms with E-state index in [1.165, 1.54) is 16.8 Å². The third-order valence-electron chi connectivity index (χ3n) is 8.73. The predicted molar refractivity (Wildman–Crippen MR) is 165 cm³/mol. The molecule has 2 aromatic heterocycles. The predicted octanol–water partition coefficient (Wildman–Crippen LogP) is 5.27. The SMILES string of the molecule is Cc1ccc(-c2ncccn2)c(C(=O)N2CC3CC3CC2CO[Si](c2ccccc2)(c2ccccc2)C(C)(C)C)n1. The Balaban J connectivity index is 1.37. The van der Waals surface area contributed by atoms with Gasteiger partial charge in [0.2, 0.25) is 0 Å². The van der Waals surface area contributed by atoms with E-state index in [2.05, 4.69) is 91.4 Å². The summed E-state index contributed by atoms with van der Waals surface area (Å²) in [4.78, 5) is 30.0. The van der Waals surface area contributed by atoms with Gasteiger partial charge in [0, 0.05) is 24.6 Å². The number of benzene rings is 2. The minimum absolute atomic E-state index is 0.0280. The standard InChI is InChI=1S/C34H38N4O2Si/c1-24-16-17-30(32-35-18-11-19-36-32)31(37-24)33(39)38-22-26-20-25(26)21-27(38)23-40-41(34(2,3)4,28-12-7-5-8-13-28)29-14-9-6-10-15-29/h5-19,25-27H,20-23H2,1-4H3. The van der Waals surface area contributed by atoms with E-state index in [0.29, 0.717) is 35.5 Å². The second-order valence-corrected chi connectivity index (χ2v) is 16.8. The van der Waals surface area contributed by atoms with Gasteiger partial charge in [-0.15, -0.1) is 0 Å². The van der Waals surface area contributed by atoms with Crippen LogP contribution >= 0.6 is 0 Å². The summed E-state index contributed by atoms with van der Waals surface area (Å²) in [5.74, 6) is 1.68. The molecule has 2 aliphatic rings. The van der Waals surface area contributed by atoms with Gasteiger partial charge in [-0.05, 0) is 65.2 Å². The molecule has 1 aliphatic carbocycles. The molecule has 0 radical (unpaired) electrons. The van der Waals surface area contributed by atoms with Crippen molar-refractivity contribution < 1.29 is 9.22 Å². The number of rotatable bonds is 7. The smallest absolute Gasteiger partial charge is 0.273 e. The lowest BCUT2D eigenvalue weighted by atomic mass is 10.0. The Hall–Kier alpha value is -3.68. The van der Waals surface area contributed by atoms with Crippen LogP contribution in [0.15, 0.2) is 91.3 Å². The number of amides is 1. The normalized spacial score (nSPS) is 20.4. The molecule has 2 aromatic carbocycles. The van der Waals surface area contributed by atoms with Crippen LogP contribution in [-0.2, 0) is 4.43 Å². The number of nitrogens with zero attached hydrogens (tertiary/aromatic N) is 4. The number of carbonyl (C=O) groups excluding carboxylic acids is 1. The molecule has 3 atom stereocenters. The molecule has 7 heteroatoms. The number of fused-ring (bicyclic) bond motifs is 1. The number of likely N-dealkylation sites (tertiary alicyclic amines) is 1. The maximum atomic E-state index is 14.3. The lowest BCUT2D eigenvalue weighted by Crippen LogP contribution is -2.67. The van der Waals surface area contributed by atoms with E-state index in [-0.39, 0.29) is 17.0 Å². The van der Waals surface area contributed by atoms with Crippen molar-refractivity contribution in [2.45, 2.75) is 51.6 Å². The van der Waals surface area contributed by atoms with Crippen LogP contribution in [0.1, 0.15) is 49.8 Å². The van der Waals surface area contributed by atoms with Crippen LogP contribution in [0.25, 0.3) is 11.4 Å². The third kappa shape index (κ3) is 5.24. The van der Waals surface area contributed by atoms with Crippen LogP contribution in [0.3, 0.4) is 0 Å². The first-order chi connectivity index (χ1) is 19.8. The molecule has 0 N–H and O–H groups in total. The van der Waals surface area contributed by atoms with Crippen molar-refractivity contribution in [2.24, 2.45) is 11.8 Å². The first kappa shape index (κ1) is 27.5. The summed E-state index contributed by atoms with van der Waals surface area (Å²) in [6.07, 6.45) is 5.53. The van der Waals surface area contributed by atoms with Gasteiger partial charge in [0.05, 0.1) is 18.2 Å². The van der Waals surface area contributed by atoms with Crippen molar-refractivity contribution in [1.29, 1.82) is 0 Å². The van der Waals surface area contributed by atoms with Gasteiger partial charge in [0.1, 0.15) is 5.69 Å². The Labute approximate surface area is 244 Å². The molecule has 41 heavy (non-hydrogen) atoms. The quantitative estimate of drug-likeness (QED) is 0.287. The maximum absolute atomic E-state index is 14.3. The van der Waals surface area contributed by atoms with Gasteiger partial charge in [-0.1, -0.05) is 81.4 Å². The first-order valence-electron chi connectivity index (χ1n) is 14.6. The van der Waals surface area contributed by atoms with Crippen molar-refractivity contribution in [1.82, 2.24) is 19.9 Å². The highest BCUT2D eigenvalue weighted by atomic mass is 28.4. The highest BCUT2D eigenvalue weighted by Gasteiger charge is 2.52. The average molecular weight is 563 g/mol. The van der Waals surface area contributed by atoms with Crippen LogP contribution in [0.2, 0.25) is 5.04 Å². The van der Waals surface area contributed by atoms with E-state index < -0.39 is 8.32 Å². The number of hydrogen-bond donors (Lipinski definition) is 0. The molecule has 1 aliphatic heterocycles. The number of pyridine rings is 1. The summed E-state index contributed by atoms with van der Waals surface area (Å²) < 4.78 is 7.33. The highest BCUT2D eigenvalue weighted by Crippen LogP contribution is 2.48. The Kier molecular flexibility index (Phi) is 7.34. The maximum Gasteiger partial charge on any atom is 0.273 e. The molecule has 0 spiro atoms. The van der Waals surface area contributed by atoms with Gasteiger partial charge < -0.3 is 9.33 Å². The Morgan fingerprint density at radius 2 is 1.51 bits per heavy atom. The average Bonchev–Trinajstić information content (AvgIpc) is 3.76. The zero-order valence-corrected chi connectivity index (χ0v) is 25.3. The van der Waals surface area contributed by atoms with E-state index in [1.807, 2.05) is 24.0 Å². The summed E-state index contributed by atoms with van der Waals surface area (Å²) in [6, 6.07) is 27.0. The minimum atomic E-state index is -2.73. The summed E-state index contributed by atoms with van der Waals surface area (Å²) >= 11 is 0. The van der Waals surface area contributed by atoms with E-state index in [1.54, 1.807) is 18.5 Å². The number of carbonyl (C=O) groups is 1. The van der Waals surface area contributed by atoms with Gasteiger partial charge in [0.25, 0.3) is 14.2 Å². The number of piperidine rings is 1. The largest absolute Gasteiger partial charge is 0.405 e. The van der Waals surface area contributed by atoms with Crippen LogP contribution < -0.4 is 10.4 Å². The van der Waals surface area contributed by atoms with Crippen molar-refractivity contribution >= 4 is 24.6 Å². The monoisotopic (exact) mass is 562 g/mol. The molecule has 0 bridgehead atoms. The molecule has 2 fully saturated rings. The second kappa shape index (κ2) is 11.0. The fourth-order valence-electron chi connectivity index (χ4n) is 6.56. The van der Waals surface area contributed by atoms with E-state index in [0.717, 1.165) is 18.7 Å². The van der Waals surface area contributed by atoms with E-state index >= 15 is 0 Å². The molecule has 4 aromatic rings. The Morgan fingerprint density at radius 1 is 0.878 bits per heavy atom. The molecule has 1 saturated carbocycles. The Morgan fingerprint density at radius 3 is 2.12 bits per heavy atom. The molecule has 210 valence electrons. The van der Waals surface area contributed by atoms with Gasteiger partial charge in [-0.2, -0.15) is 0 Å². The highest BCUT2D eigenvalue weighted by molar-refractivity contribution is 6.99. The Bertz CT molecular complexity index is 1470. The van der Waals surface area contributed by atoms with Crippen molar-refractivity contribution in [3.05, 3.63) is 103 Å². The van der Waals surface area contributed by atoms with Crippen LogP contribution in [0.5, 0.6) is 0 Å². The molecule has 3 heterocycles. The summed E-state index contributed by atoms with van der Waals surface area (Å²) in [6.45, 7) is 10.0. The van der Waals surface area contributed by atoms with Crippen LogP contribution in [-0.4, -0.2) is 53.3 Å². The van der Waals surface area contributed by atoms with Crippen LogP contribution in [0, 0.1) is 18.8 Å². The minimum Gasteiger partial charge on any atom is -0.405 e. The lowest BCUT2D eigenvalue weighted by molar-refractivity contribution is 0.0498. The van der Waals surface area contributed by atoms with E-state index in [4.69, 9.17) is 9.41 Å². The van der Waals surface area contributed by atoms with Gasteiger partial charge in [0.15, 0.2) is 5.82 Å². The van der Waals surface area contributed by atoms with Gasteiger partial charge in [-0.3, -0.25) is 4.79 Å². The summed E-state index contributed by atoms with van der Waals surface area (Å²) in [7, 11) is -2.73. The fourth-order valence-corrected chi connectivity index (χ4v) is 11.2. The molecular weight excluding hydrogens is 524 g/mol. The summed E-state index contributed by atoms with van der Waals surface area (Å²) in [5.41, 5.74) is 1.89. The molecule has 6 rings (SSSR count). The summed E-state index contributed by atoms with van der Waals surface area (Å²) in [5, 5.41) is 2.37. The molecule has 1 amide bonds. The topological polar surface area (TPSA) is 68.2 Å². The second-order valence-electron chi connectivity index (χ2n) is 12.5. The zero-order chi connectivity index (χ0) is 28.6. The van der Waals surface area contributed by atoms with Crippen molar-refractivity contribution in [2.75, 3.05) is 13.2 Å².